The van der Waals surface area contributed by atoms with E-state index in [0.717, 1.165) is 35.1 Å². The SMILES string of the molecule is Cc1nc(C)c(C(=O)NCC2=CCNCC2)s1. The van der Waals surface area contributed by atoms with Gasteiger partial charge in [0.05, 0.1) is 10.7 Å². The number of nitrogens with one attached hydrogen (secondary N) is 2. The van der Waals surface area contributed by atoms with Crippen LogP contribution in [0.25, 0.3) is 0 Å². The van der Waals surface area contributed by atoms with E-state index in [2.05, 4.69) is 21.7 Å². The third-order valence-corrected chi connectivity index (χ3v) is 3.82. The van der Waals surface area contributed by atoms with Crippen LogP contribution < -0.4 is 10.6 Å². The van der Waals surface area contributed by atoms with E-state index in [1.807, 2.05) is 13.8 Å². The van der Waals surface area contributed by atoms with E-state index in [1.54, 1.807) is 0 Å². The Bertz CT molecular complexity index is 451. The predicted octanol–water partition coefficient (Wildman–Crippen LogP) is 1.41. The number of nitrogens with zero attached hydrogens (tertiary/aromatic N) is 1. The van der Waals surface area contributed by atoms with E-state index in [4.69, 9.17) is 0 Å². The smallest absolute Gasteiger partial charge is 0.263 e. The molecule has 0 fully saturated rings. The molecule has 0 unspecified atom stereocenters. The number of aryl methyl sites for hydroxylation is 2. The third kappa shape index (κ3) is 3.14. The first-order valence-electron chi connectivity index (χ1n) is 5.77. The molecule has 0 saturated heterocycles. The molecule has 92 valence electrons. The average molecular weight is 251 g/mol. The maximum atomic E-state index is 11.9. The maximum Gasteiger partial charge on any atom is 0.263 e. The molecule has 0 aliphatic carbocycles. The predicted molar refractivity (Wildman–Crippen MR) is 69.5 cm³/mol. The highest BCUT2D eigenvalue weighted by atomic mass is 32.1. The summed E-state index contributed by atoms with van der Waals surface area (Å²) in [7, 11) is 0. The van der Waals surface area contributed by atoms with Crippen LogP contribution in [0.3, 0.4) is 0 Å². The first-order chi connectivity index (χ1) is 8.16. The lowest BCUT2D eigenvalue weighted by molar-refractivity contribution is 0.0960. The van der Waals surface area contributed by atoms with Gasteiger partial charge >= 0.3 is 0 Å². The van der Waals surface area contributed by atoms with E-state index < -0.39 is 0 Å². The minimum absolute atomic E-state index is 0.00691. The quantitative estimate of drug-likeness (QED) is 0.799. The van der Waals surface area contributed by atoms with Crippen LogP contribution in [0.2, 0.25) is 0 Å². The molecule has 2 rings (SSSR count). The van der Waals surface area contributed by atoms with Gasteiger partial charge in [-0.3, -0.25) is 4.79 Å². The fourth-order valence-electron chi connectivity index (χ4n) is 1.85. The fourth-order valence-corrected chi connectivity index (χ4v) is 2.68. The van der Waals surface area contributed by atoms with Gasteiger partial charge in [0.2, 0.25) is 0 Å². The second kappa shape index (κ2) is 5.42. The van der Waals surface area contributed by atoms with Crippen molar-refractivity contribution >= 4 is 17.2 Å². The number of hydrogen-bond donors (Lipinski definition) is 2. The molecule has 0 atom stereocenters. The molecule has 1 aliphatic rings. The highest BCUT2D eigenvalue weighted by Crippen LogP contribution is 2.16. The Morgan fingerprint density at radius 3 is 3.00 bits per heavy atom. The van der Waals surface area contributed by atoms with Crippen LogP contribution in [0.4, 0.5) is 0 Å². The second-order valence-corrected chi connectivity index (χ2v) is 5.35. The zero-order chi connectivity index (χ0) is 12.3. The zero-order valence-electron chi connectivity index (χ0n) is 10.2. The number of carbonyl (C=O) groups is 1. The van der Waals surface area contributed by atoms with Crippen molar-refractivity contribution in [2.45, 2.75) is 20.3 Å². The summed E-state index contributed by atoms with van der Waals surface area (Å²) in [6.07, 6.45) is 3.16. The van der Waals surface area contributed by atoms with Crippen molar-refractivity contribution in [2.75, 3.05) is 19.6 Å². The number of hydrogen-bond acceptors (Lipinski definition) is 4. The Labute approximate surface area is 105 Å². The summed E-state index contributed by atoms with van der Waals surface area (Å²) < 4.78 is 0. The van der Waals surface area contributed by atoms with Crippen molar-refractivity contribution in [3.8, 4) is 0 Å². The normalized spacial score (nSPS) is 15.5. The number of aromatic nitrogens is 1. The molecule has 0 saturated carbocycles. The highest BCUT2D eigenvalue weighted by molar-refractivity contribution is 7.13. The van der Waals surface area contributed by atoms with Gasteiger partial charge in [0, 0.05) is 13.1 Å². The van der Waals surface area contributed by atoms with E-state index >= 15 is 0 Å². The monoisotopic (exact) mass is 251 g/mol. The zero-order valence-corrected chi connectivity index (χ0v) is 11.0. The number of carbonyl (C=O) groups excluding carboxylic acids is 1. The Kier molecular flexibility index (Phi) is 3.91. The van der Waals surface area contributed by atoms with Crippen molar-refractivity contribution in [3.63, 3.8) is 0 Å². The Balaban J connectivity index is 1.93. The molecule has 1 amide bonds. The van der Waals surface area contributed by atoms with E-state index in [1.165, 1.54) is 16.9 Å². The molecule has 0 aromatic carbocycles. The molecule has 0 spiro atoms. The molecule has 2 heterocycles. The maximum absolute atomic E-state index is 11.9. The Hall–Kier alpha value is -1.20. The summed E-state index contributed by atoms with van der Waals surface area (Å²) in [5, 5.41) is 7.15. The summed E-state index contributed by atoms with van der Waals surface area (Å²) in [6, 6.07) is 0. The lowest BCUT2D eigenvalue weighted by Gasteiger charge is -2.14. The van der Waals surface area contributed by atoms with Crippen molar-refractivity contribution in [3.05, 3.63) is 27.2 Å². The van der Waals surface area contributed by atoms with E-state index in [9.17, 15) is 4.79 Å². The van der Waals surface area contributed by atoms with Crippen molar-refractivity contribution in [1.82, 2.24) is 15.6 Å². The summed E-state index contributed by atoms with van der Waals surface area (Å²) in [5.41, 5.74) is 2.13. The van der Waals surface area contributed by atoms with E-state index in [0.29, 0.717) is 6.54 Å². The molecular weight excluding hydrogens is 234 g/mol. The highest BCUT2D eigenvalue weighted by Gasteiger charge is 2.13. The lowest BCUT2D eigenvalue weighted by Crippen LogP contribution is -2.29. The molecule has 17 heavy (non-hydrogen) atoms. The fraction of sp³-hybridized carbons (Fsp3) is 0.500. The summed E-state index contributed by atoms with van der Waals surface area (Å²) in [6.45, 7) is 6.35. The van der Waals surface area contributed by atoms with Gasteiger partial charge < -0.3 is 10.6 Å². The average Bonchev–Trinajstić information content (AvgIpc) is 2.67. The van der Waals surface area contributed by atoms with Crippen LogP contribution >= 0.6 is 11.3 Å². The van der Waals surface area contributed by atoms with Crippen LogP contribution in [-0.2, 0) is 0 Å². The molecule has 1 aromatic heterocycles. The third-order valence-electron chi connectivity index (χ3n) is 2.74. The van der Waals surface area contributed by atoms with Crippen molar-refractivity contribution in [2.24, 2.45) is 0 Å². The van der Waals surface area contributed by atoms with Gasteiger partial charge in [-0.1, -0.05) is 11.6 Å². The number of thiazole rings is 1. The van der Waals surface area contributed by atoms with Crippen LogP contribution in [-0.4, -0.2) is 30.5 Å². The van der Waals surface area contributed by atoms with Crippen molar-refractivity contribution < 1.29 is 4.79 Å². The summed E-state index contributed by atoms with van der Waals surface area (Å²) in [5.74, 6) is -0.00691. The van der Waals surface area contributed by atoms with Gasteiger partial charge in [0.1, 0.15) is 4.88 Å². The van der Waals surface area contributed by atoms with Gasteiger partial charge in [-0.15, -0.1) is 11.3 Å². The summed E-state index contributed by atoms with van der Waals surface area (Å²) in [4.78, 5) is 16.9. The standard InChI is InChI=1S/C12H17N3OS/c1-8-11(17-9(2)15-8)12(16)14-7-10-3-5-13-6-4-10/h3,13H,4-7H2,1-2H3,(H,14,16). The largest absolute Gasteiger partial charge is 0.348 e. The topological polar surface area (TPSA) is 54.0 Å². The Morgan fingerprint density at radius 1 is 1.59 bits per heavy atom. The van der Waals surface area contributed by atoms with Crippen LogP contribution in [0.5, 0.6) is 0 Å². The minimum atomic E-state index is -0.00691. The van der Waals surface area contributed by atoms with Crippen LogP contribution in [0, 0.1) is 13.8 Å². The van der Waals surface area contributed by atoms with Gasteiger partial charge in [0.25, 0.3) is 5.91 Å². The molecule has 2 N–H and O–H groups in total. The summed E-state index contributed by atoms with van der Waals surface area (Å²) >= 11 is 1.45. The van der Waals surface area contributed by atoms with Crippen LogP contribution in [0.1, 0.15) is 26.8 Å². The lowest BCUT2D eigenvalue weighted by atomic mass is 10.1. The second-order valence-electron chi connectivity index (χ2n) is 4.15. The molecule has 1 aliphatic heterocycles. The minimum Gasteiger partial charge on any atom is -0.348 e. The molecule has 0 bridgehead atoms. The van der Waals surface area contributed by atoms with Crippen LogP contribution in [0.15, 0.2) is 11.6 Å². The Morgan fingerprint density at radius 2 is 2.41 bits per heavy atom. The van der Waals surface area contributed by atoms with Gasteiger partial charge in [-0.2, -0.15) is 0 Å². The molecular formula is C12H17N3OS. The van der Waals surface area contributed by atoms with E-state index in [-0.39, 0.29) is 5.91 Å². The first-order valence-corrected chi connectivity index (χ1v) is 6.59. The number of rotatable bonds is 3. The number of amides is 1. The molecule has 5 heteroatoms. The first kappa shape index (κ1) is 12.3. The molecule has 1 aromatic rings. The van der Waals surface area contributed by atoms with Crippen molar-refractivity contribution in [1.29, 1.82) is 0 Å². The molecule has 4 nitrogen and oxygen atoms in total. The molecule has 0 radical (unpaired) electrons. The van der Waals surface area contributed by atoms with Gasteiger partial charge in [-0.25, -0.2) is 4.98 Å². The van der Waals surface area contributed by atoms with Gasteiger partial charge in [0.15, 0.2) is 0 Å². The van der Waals surface area contributed by atoms with Gasteiger partial charge in [-0.05, 0) is 26.8 Å².